The number of nitrogens with zero attached hydrogens (tertiary/aromatic N) is 1. The predicted molar refractivity (Wildman–Crippen MR) is 41.9 cm³/mol. The van der Waals surface area contributed by atoms with Crippen molar-refractivity contribution in [2.45, 2.75) is 19.5 Å². The SMILES string of the molecule is CCCN(C[B-](F)(F)F)CC(F)(F)F.[K+]. The van der Waals surface area contributed by atoms with Crippen LogP contribution in [-0.2, 0) is 0 Å². The summed E-state index contributed by atoms with van der Waals surface area (Å²) in [4.78, 5) is 0.375. The molecule has 0 fully saturated rings. The molecule has 0 heterocycles. The van der Waals surface area contributed by atoms with Crippen molar-refractivity contribution in [3.63, 3.8) is 0 Å². The van der Waals surface area contributed by atoms with Gasteiger partial charge >= 0.3 is 64.5 Å². The Balaban J connectivity index is 0. The number of halogens is 6. The molecule has 0 saturated carbocycles. The van der Waals surface area contributed by atoms with Gasteiger partial charge in [-0.15, -0.1) is 0 Å². The van der Waals surface area contributed by atoms with Gasteiger partial charge in [-0.25, -0.2) is 0 Å². The summed E-state index contributed by atoms with van der Waals surface area (Å²) in [5.74, 6) is 0. The zero-order valence-corrected chi connectivity index (χ0v) is 11.7. The molecule has 0 aliphatic rings. The summed E-state index contributed by atoms with van der Waals surface area (Å²) in [6.07, 6.45) is -5.76. The summed E-state index contributed by atoms with van der Waals surface area (Å²) in [6, 6.07) is 0. The van der Waals surface area contributed by atoms with Crippen LogP contribution in [0.2, 0.25) is 0 Å². The van der Waals surface area contributed by atoms with Crippen LogP contribution in [0.4, 0.5) is 26.1 Å². The first-order valence-corrected chi connectivity index (χ1v) is 4.14. The Morgan fingerprint density at radius 2 is 1.60 bits per heavy atom. The summed E-state index contributed by atoms with van der Waals surface area (Å²) in [5.41, 5.74) is 0. The van der Waals surface area contributed by atoms with E-state index in [1.165, 1.54) is 6.92 Å². The van der Waals surface area contributed by atoms with Crippen LogP contribution in [0.5, 0.6) is 0 Å². The van der Waals surface area contributed by atoms with Gasteiger partial charge in [0.1, 0.15) is 0 Å². The van der Waals surface area contributed by atoms with E-state index >= 15 is 0 Å². The molecule has 86 valence electrons. The van der Waals surface area contributed by atoms with Crippen LogP contribution in [0, 0.1) is 0 Å². The molecule has 0 bridgehead atoms. The standard InChI is InChI=1S/C6H11BF6N.K/c1-2-3-14(4-6(8,9)10)5-7(11,12)13;/h2-5H2,1H3;/q-1;+1. The molecule has 0 aromatic rings. The molecular weight excluding hydrogens is 250 g/mol. The third-order valence-corrected chi connectivity index (χ3v) is 1.41. The summed E-state index contributed by atoms with van der Waals surface area (Å²) in [6.45, 7) is -5.35. The Bertz CT molecular complexity index is 154. The predicted octanol–water partition coefficient (Wildman–Crippen LogP) is -0.349. The third kappa shape index (κ3) is 13.2. The monoisotopic (exact) mass is 261 g/mol. The molecule has 0 radical (unpaired) electrons. The van der Waals surface area contributed by atoms with Gasteiger partial charge < -0.3 is 17.8 Å². The van der Waals surface area contributed by atoms with Gasteiger partial charge in [-0.05, 0) is 19.4 Å². The van der Waals surface area contributed by atoms with Gasteiger partial charge in [-0.2, -0.15) is 13.2 Å². The maximum atomic E-state index is 11.9. The molecule has 0 spiro atoms. The van der Waals surface area contributed by atoms with Gasteiger partial charge in [0.05, 0.1) is 6.54 Å². The minimum Gasteiger partial charge on any atom is -0.448 e. The number of alkyl halides is 3. The summed E-state index contributed by atoms with van der Waals surface area (Å²) >= 11 is 0. The van der Waals surface area contributed by atoms with Crippen molar-refractivity contribution in [2.24, 2.45) is 0 Å². The van der Waals surface area contributed by atoms with E-state index in [1.54, 1.807) is 0 Å². The van der Waals surface area contributed by atoms with E-state index in [-0.39, 0.29) is 64.4 Å². The second kappa shape index (κ2) is 7.54. The second-order valence-corrected chi connectivity index (χ2v) is 3.06. The number of hydrogen-bond donors (Lipinski definition) is 0. The number of hydrogen-bond acceptors (Lipinski definition) is 1. The first-order valence-electron chi connectivity index (χ1n) is 4.14. The second-order valence-electron chi connectivity index (χ2n) is 3.06. The van der Waals surface area contributed by atoms with Crippen molar-refractivity contribution in [3.8, 4) is 0 Å². The third-order valence-electron chi connectivity index (χ3n) is 1.41. The van der Waals surface area contributed by atoms with E-state index in [0.717, 1.165) is 0 Å². The Labute approximate surface area is 127 Å². The summed E-state index contributed by atoms with van der Waals surface area (Å²) in [7, 11) is 0. The fourth-order valence-corrected chi connectivity index (χ4v) is 1.10. The van der Waals surface area contributed by atoms with Crippen molar-refractivity contribution in [2.75, 3.05) is 19.5 Å². The van der Waals surface area contributed by atoms with Crippen LogP contribution >= 0.6 is 0 Å². The van der Waals surface area contributed by atoms with Crippen molar-refractivity contribution >= 4 is 6.98 Å². The average molecular weight is 261 g/mol. The zero-order chi connectivity index (χ0) is 11.4. The molecule has 9 heteroatoms. The topological polar surface area (TPSA) is 3.24 Å². The maximum Gasteiger partial charge on any atom is 1.00 e. The van der Waals surface area contributed by atoms with Crippen LogP contribution in [0.1, 0.15) is 13.3 Å². The van der Waals surface area contributed by atoms with Crippen LogP contribution in [0.15, 0.2) is 0 Å². The van der Waals surface area contributed by atoms with Crippen molar-refractivity contribution in [1.82, 2.24) is 4.90 Å². The molecule has 15 heavy (non-hydrogen) atoms. The fraction of sp³-hybridized carbons (Fsp3) is 1.00. The van der Waals surface area contributed by atoms with Crippen LogP contribution in [0.3, 0.4) is 0 Å². The van der Waals surface area contributed by atoms with E-state index in [1.807, 2.05) is 0 Å². The van der Waals surface area contributed by atoms with E-state index in [2.05, 4.69) is 0 Å². The number of rotatable bonds is 5. The molecule has 0 aromatic carbocycles. The molecule has 0 rings (SSSR count). The molecule has 0 atom stereocenters. The van der Waals surface area contributed by atoms with Crippen molar-refractivity contribution in [1.29, 1.82) is 0 Å². The van der Waals surface area contributed by atoms with Crippen molar-refractivity contribution in [3.05, 3.63) is 0 Å². The average Bonchev–Trinajstić information content (AvgIpc) is 1.78. The van der Waals surface area contributed by atoms with Gasteiger partial charge in [0.25, 0.3) is 0 Å². The van der Waals surface area contributed by atoms with E-state index in [0.29, 0.717) is 4.90 Å². The summed E-state index contributed by atoms with van der Waals surface area (Å²) in [5, 5.41) is 0. The fourth-order valence-electron chi connectivity index (χ4n) is 1.10. The maximum absolute atomic E-state index is 11.9. The van der Waals surface area contributed by atoms with E-state index in [4.69, 9.17) is 0 Å². The largest absolute Gasteiger partial charge is 1.00 e. The van der Waals surface area contributed by atoms with Crippen LogP contribution in [0.25, 0.3) is 0 Å². The molecule has 0 aliphatic heterocycles. The minimum absolute atomic E-state index is 0. The Kier molecular flexibility index (Phi) is 9.36. The molecule has 0 saturated heterocycles. The first kappa shape index (κ1) is 18.6. The van der Waals surface area contributed by atoms with Gasteiger partial charge in [0.15, 0.2) is 0 Å². The van der Waals surface area contributed by atoms with Crippen molar-refractivity contribution < 1.29 is 77.5 Å². The Morgan fingerprint density at radius 3 is 1.87 bits per heavy atom. The first-order chi connectivity index (χ1) is 6.14. The van der Waals surface area contributed by atoms with Gasteiger partial charge in [0.2, 0.25) is 0 Å². The van der Waals surface area contributed by atoms with Gasteiger partial charge in [-0.3, -0.25) is 0 Å². The molecule has 0 aromatic heterocycles. The van der Waals surface area contributed by atoms with Gasteiger partial charge in [0, 0.05) is 0 Å². The molecular formula is C6H11BF6KN. The Morgan fingerprint density at radius 1 is 1.13 bits per heavy atom. The Hall–Kier alpha value is 1.24. The molecule has 1 nitrogen and oxygen atoms in total. The van der Waals surface area contributed by atoms with E-state index in [9.17, 15) is 26.1 Å². The molecule has 0 aliphatic carbocycles. The minimum atomic E-state index is -5.19. The van der Waals surface area contributed by atoms with E-state index < -0.39 is 26.1 Å². The molecule has 0 N–H and O–H groups in total. The van der Waals surface area contributed by atoms with Crippen LogP contribution < -0.4 is 51.4 Å². The zero-order valence-electron chi connectivity index (χ0n) is 8.62. The molecule has 0 unspecified atom stereocenters. The van der Waals surface area contributed by atoms with Crippen LogP contribution in [-0.4, -0.2) is 37.6 Å². The summed E-state index contributed by atoms with van der Waals surface area (Å²) < 4.78 is 71.0. The molecule has 0 amide bonds. The smallest absolute Gasteiger partial charge is 0.448 e. The normalized spacial score (nSPS) is 12.8. The van der Waals surface area contributed by atoms with Gasteiger partial charge in [-0.1, -0.05) is 6.92 Å². The quantitative estimate of drug-likeness (QED) is 0.483.